The van der Waals surface area contributed by atoms with Gasteiger partial charge in [-0.25, -0.2) is 0 Å². The highest BCUT2D eigenvalue weighted by molar-refractivity contribution is 5.41. The Morgan fingerprint density at radius 2 is 1.88 bits per heavy atom. The van der Waals surface area contributed by atoms with Gasteiger partial charge in [0, 0.05) is 5.56 Å². The molecular weight excluding hydrogens is 233 g/mol. The summed E-state index contributed by atoms with van der Waals surface area (Å²) in [6, 6.07) is 4.37. The molecule has 0 saturated heterocycles. The van der Waals surface area contributed by atoms with Crippen LogP contribution in [0.1, 0.15) is 25.0 Å². The lowest BCUT2D eigenvalue weighted by molar-refractivity contribution is -0.259. The highest BCUT2D eigenvalue weighted by Gasteiger charge is 2.52. The first kappa shape index (κ1) is 13.8. The van der Waals surface area contributed by atoms with E-state index in [2.05, 4.69) is 0 Å². The van der Waals surface area contributed by atoms with Gasteiger partial charge in [0.05, 0.1) is 6.61 Å². The van der Waals surface area contributed by atoms with Crippen LogP contribution in [0.25, 0.3) is 0 Å². The van der Waals surface area contributed by atoms with Gasteiger partial charge in [-0.2, -0.15) is 13.2 Å². The maximum atomic E-state index is 12.8. The van der Waals surface area contributed by atoms with Crippen LogP contribution in [0.4, 0.5) is 13.2 Å². The van der Waals surface area contributed by atoms with Crippen molar-refractivity contribution in [3.05, 3.63) is 29.3 Å². The Kier molecular flexibility index (Phi) is 3.71. The summed E-state index contributed by atoms with van der Waals surface area (Å²) in [7, 11) is 0. The van der Waals surface area contributed by atoms with E-state index in [1.165, 1.54) is 12.1 Å². The minimum atomic E-state index is -4.74. The topological polar surface area (TPSA) is 29.5 Å². The second-order valence-electron chi connectivity index (χ2n) is 4.00. The average molecular weight is 248 g/mol. The van der Waals surface area contributed by atoms with E-state index < -0.39 is 11.8 Å². The Labute approximate surface area is 98.0 Å². The van der Waals surface area contributed by atoms with Gasteiger partial charge in [0.1, 0.15) is 5.75 Å². The van der Waals surface area contributed by atoms with Crippen molar-refractivity contribution in [2.45, 2.75) is 32.5 Å². The van der Waals surface area contributed by atoms with E-state index >= 15 is 0 Å². The molecule has 5 heteroatoms. The standard InChI is InChI=1S/C12H15F3O2/c1-4-17-10-6-5-8(2)7-9(10)11(3,16)12(13,14)15/h5-7,16H,4H2,1-3H3. The number of ether oxygens (including phenoxy) is 1. The molecule has 1 atom stereocenters. The van der Waals surface area contributed by atoms with Crippen molar-refractivity contribution in [1.29, 1.82) is 0 Å². The number of alkyl halides is 3. The number of benzene rings is 1. The zero-order chi connectivity index (χ0) is 13.3. The van der Waals surface area contributed by atoms with Crippen LogP contribution < -0.4 is 4.74 Å². The van der Waals surface area contributed by atoms with Crippen LogP contribution in [-0.4, -0.2) is 17.9 Å². The molecule has 1 aromatic rings. The van der Waals surface area contributed by atoms with Crippen LogP contribution >= 0.6 is 0 Å². The zero-order valence-corrected chi connectivity index (χ0v) is 9.93. The molecule has 0 spiro atoms. The minimum Gasteiger partial charge on any atom is -0.493 e. The van der Waals surface area contributed by atoms with Crippen molar-refractivity contribution < 1.29 is 23.0 Å². The Bertz CT molecular complexity index is 397. The molecule has 0 fully saturated rings. The Hall–Kier alpha value is -1.23. The third-order valence-electron chi connectivity index (χ3n) is 2.51. The summed E-state index contributed by atoms with van der Waals surface area (Å²) >= 11 is 0. The van der Waals surface area contributed by atoms with E-state index in [9.17, 15) is 18.3 Å². The summed E-state index contributed by atoms with van der Waals surface area (Å²) in [5.41, 5.74) is -2.54. The third-order valence-corrected chi connectivity index (χ3v) is 2.51. The van der Waals surface area contributed by atoms with Crippen LogP contribution in [0.15, 0.2) is 18.2 Å². The first-order chi connectivity index (χ1) is 7.70. The molecule has 0 aliphatic carbocycles. The summed E-state index contributed by atoms with van der Waals surface area (Å²) in [5, 5.41) is 9.65. The molecule has 0 aromatic heterocycles. The molecule has 0 radical (unpaired) electrons. The fourth-order valence-electron chi connectivity index (χ4n) is 1.46. The Balaban J connectivity index is 3.32. The van der Waals surface area contributed by atoms with E-state index in [1.54, 1.807) is 19.9 Å². The molecule has 1 aromatic carbocycles. The van der Waals surface area contributed by atoms with Crippen molar-refractivity contribution >= 4 is 0 Å². The number of halogens is 3. The van der Waals surface area contributed by atoms with Crippen molar-refractivity contribution in [1.82, 2.24) is 0 Å². The third kappa shape index (κ3) is 2.72. The largest absolute Gasteiger partial charge is 0.493 e. The second kappa shape index (κ2) is 4.56. The van der Waals surface area contributed by atoms with Crippen LogP contribution in [0.2, 0.25) is 0 Å². The number of hydrogen-bond donors (Lipinski definition) is 1. The maximum absolute atomic E-state index is 12.8. The molecule has 0 heterocycles. The Morgan fingerprint density at radius 1 is 1.29 bits per heavy atom. The summed E-state index contributed by atoms with van der Waals surface area (Å²) in [6.07, 6.45) is -4.74. The molecule has 1 rings (SSSR count). The first-order valence-electron chi connectivity index (χ1n) is 5.23. The zero-order valence-electron chi connectivity index (χ0n) is 9.93. The van der Waals surface area contributed by atoms with E-state index in [0.717, 1.165) is 6.92 Å². The molecule has 2 nitrogen and oxygen atoms in total. The van der Waals surface area contributed by atoms with Gasteiger partial charge < -0.3 is 9.84 Å². The second-order valence-corrected chi connectivity index (χ2v) is 4.00. The number of rotatable bonds is 3. The van der Waals surface area contributed by atoms with Gasteiger partial charge in [-0.05, 0) is 32.9 Å². The van der Waals surface area contributed by atoms with Crippen LogP contribution in [0.3, 0.4) is 0 Å². The molecular formula is C12H15F3O2. The highest BCUT2D eigenvalue weighted by Crippen LogP contribution is 2.42. The predicted octanol–water partition coefficient (Wildman–Crippen LogP) is 3.16. The Morgan fingerprint density at radius 3 is 2.35 bits per heavy atom. The predicted molar refractivity (Wildman–Crippen MR) is 58.0 cm³/mol. The molecule has 0 aliphatic heterocycles. The first-order valence-corrected chi connectivity index (χ1v) is 5.23. The fourth-order valence-corrected chi connectivity index (χ4v) is 1.46. The maximum Gasteiger partial charge on any atom is 0.421 e. The summed E-state index contributed by atoms with van der Waals surface area (Å²) in [4.78, 5) is 0. The van der Waals surface area contributed by atoms with E-state index in [4.69, 9.17) is 4.74 Å². The van der Waals surface area contributed by atoms with E-state index in [1.807, 2.05) is 0 Å². The lowest BCUT2D eigenvalue weighted by atomic mass is 9.93. The molecule has 0 bridgehead atoms. The molecule has 17 heavy (non-hydrogen) atoms. The highest BCUT2D eigenvalue weighted by atomic mass is 19.4. The van der Waals surface area contributed by atoms with Crippen LogP contribution in [0, 0.1) is 6.92 Å². The minimum absolute atomic E-state index is 0.0559. The molecule has 1 N–H and O–H groups in total. The summed E-state index contributed by atoms with van der Waals surface area (Å²) < 4.78 is 43.4. The van der Waals surface area contributed by atoms with Gasteiger partial charge in [-0.1, -0.05) is 11.6 Å². The van der Waals surface area contributed by atoms with Gasteiger partial charge >= 0.3 is 6.18 Å². The molecule has 0 aliphatic rings. The lowest BCUT2D eigenvalue weighted by Crippen LogP contribution is -2.39. The van der Waals surface area contributed by atoms with Crippen molar-refractivity contribution in [2.75, 3.05) is 6.61 Å². The van der Waals surface area contributed by atoms with Gasteiger partial charge in [0.2, 0.25) is 0 Å². The smallest absolute Gasteiger partial charge is 0.421 e. The molecule has 0 amide bonds. The fraction of sp³-hybridized carbons (Fsp3) is 0.500. The summed E-state index contributed by atoms with van der Waals surface area (Å²) in [5.74, 6) is 0.0559. The van der Waals surface area contributed by atoms with Crippen LogP contribution in [0.5, 0.6) is 5.75 Å². The quantitative estimate of drug-likeness (QED) is 0.890. The van der Waals surface area contributed by atoms with E-state index in [-0.39, 0.29) is 17.9 Å². The molecule has 1 unspecified atom stereocenters. The van der Waals surface area contributed by atoms with Gasteiger partial charge in [0.25, 0.3) is 0 Å². The monoisotopic (exact) mass is 248 g/mol. The molecule has 0 saturated carbocycles. The van der Waals surface area contributed by atoms with Gasteiger partial charge in [-0.3, -0.25) is 0 Å². The average Bonchev–Trinajstić information content (AvgIpc) is 2.19. The van der Waals surface area contributed by atoms with Gasteiger partial charge in [0.15, 0.2) is 5.60 Å². The molecule has 96 valence electrons. The van der Waals surface area contributed by atoms with Crippen molar-refractivity contribution in [2.24, 2.45) is 0 Å². The normalized spacial score (nSPS) is 15.5. The van der Waals surface area contributed by atoms with Crippen LogP contribution in [-0.2, 0) is 5.60 Å². The number of aliphatic hydroxyl groups is 1. The number of aryl methyl sites for hydroxylation is 1. The van der Waals surface area contributed by atoms with E-state index in [0.29, 0.717) is 5.56 Å². The van der Waals surface area contributed by atoms with Crippen molar-refractivity contribution in [3.63, 3.8) is 0 Å². The SMILES string of the molecule is CCOc1ccc(C)cc1C(C)(O)C(F)(F)F. The van der Waals surface area contributed by atoms with Crippen molar-refractivity contribution in [3.8, 4) is 5.75 Å². The number of hydrogen-bond acceptors (Lipinski definition) is 2. The van der Waals surface area contributed by atoms with Gasteiger partial charge in [-0.15, -0.1) is 0 Å². The lowest BCUT2D eigenvalue weighted by Gasteiger charge is -2.28. The summed E-state index contributed by atoms with van der Waals surface area (Å²) in [6.45, 7) is 4.30.